The summed E-state index contributed by atoms with van der Waals surface area (Å²) in [5.41, 5.74) is 0. The SMILES string of the molecule is CNC1COCC1C(=O)N1CCC(OCC(=O)O)CC1. The number of carboxylic acid groups (broad SMARTS) is 1. The predicted molar refractivity (Wildman–Crippen MR) is 70.3 cm³/mol. The molecule has 0 radical (unpaired) electrons. The van der Waals surface area contributed by atoms with Gasteiger partial charge in [-0.1, -0.05) is 0 Å². The Bertz CT molecular complexity index is 355. The molecule has 0 aliphatic carbocycles. The van der Waals surface area contributed by atoms with Crippen LogP contribution in [0.1, 0.15) is 12.8 Å². The Morgan fingerprint density at radius 3 is 2.65 bits per heavy atom. The average Bonchev–Trinajstić information content (AvgIpc) is 2.93. The fraction of sp³-hybridized carbons (Fsp3) is 0.846. The minimum absolute atomic E-state index is 0.0601. The molecule has 2 aliphatic heterocycles. The number of nitrogens with zero attached hydrogens (tertiary/aromatic N) is 1. The van der Waals surface area contributed by atoms with Gasteiger partial charge in [-0.2, -0.15) is 0 Å². The van der Waals surface area contributed by atoms with Gasteiger partial charge in [0, 0.05) is 19.1 Å². The average molecular weight is 286 g/mol. The second-order valence-corrected chi connectivity index (χ2v) is 5.27. The first-order valence-electron chi connectivity index (χ1n) is 6.99. The second-order valence-electron chi connectivity index (χ2n) is 5.27. The smallest absolute Gasteiger partial charge is 0.329 e. The number of carbonyl (C=O) groups is 2. The maximum Gasteiger partial charge on any atom is 0.329 e. The van der Waals surface area contributed by atoms with Crippen molar-refractivity contribution < 1.29 is 24.2 Å². The van der Waals surface area contributed by atoms with Crippen molar-refractivity contribution >= 4 is 11.9 Å². The predicted octanol–water partition coefficient (Wildman–Crippen LogP) is -0.687. The first-order chi connectivity index (χ1) is 9.61. The van der Waals surface area contributed by atoms with Gasteiger partial charge in [-0.3, -0.25) is 4.79 Å². The maximum absolute atomic E-state index is 12.4. The summed E-state index contributed by atoms with van der Waals surface area (Å²) in [6.07, 6.45) is 1.32. The zero-order valence-electron chi connectivity index (χ0n) is 11.7. The first kappa shape index (κ1) is 15.2. The summed E-state index contributed by atoms with van der Waals surface area (Å²) < 4.78 is 10.6. The van der Waals surface area contributed by atoms with E-state index in [1.165, 1.54) is 0 Å². The highest BCUT2D eigenvalue weighted by Gasteiger charge is 2.36. The molecule has 2 N–H and O–H groups in total. The summed E-state index contributed by atoms with van der Waals surface area (Å²) in [7, 11) is 1.84. The third kappa shape index (κ3) is 3.68. The fourth-order valence-corrected chi connectivity index (χ4v) is 2.75. The number of likely N-dealkylation sites (tertiary alicyclic amines) is 1. The van der Waals surface area contributed by atoms with E-state index in [1.807, 2.05) is 11.9 Å². The molecule has 0 aromatic carbocycles. The molecule has 0 spiro atoms. The van der Waals surface area contributed by atoms with Crippen LogP contribution in [0.5, 0.6) is 0 Å². The third-order valence-electron chi connectivity index (χ3n) is 3.96. The van der Waals surface area contributed by atoms with Crippen molar-refractivity contribution in [1.29, 1.82) is 0 Å². The van der Waals surface area contributed by atoms with E-state index in [0.717, 1.165) is 0 Å². The Kier molecular flexibility index (Phi) is 5.33. The van der Waals surface area contributed by atoms with Crippen LogP contribution in [0.4, 0.5) is 0 Å². The highest BCUT2D eigenvalue weighted by atomic mass is 16.5. The molecule has 1 amide bonds. The van der Waals surface area contributed by atoms with Crippen molar-refractivity contribution in [3.63, 3.8) is 0 Å². The number of rotatable bonds is 5. The van der Waals surface area contributed by atoms with E-state index in [1.54, 1.807) is 0 Å². The van der Waals surface area contributed by atoms with Gasteiger partial charge < -0.3 is 24.8 Å². The van der Waals surface area contributed by atoms with Crippen molar-refractivity contribution in [3.05, 3.63) is 0 Å². The van der Waals surface area contributed by atoms with E-state index in [4.69, 9.17) is 14.6 Å². The third-order valence-corrected chi connectivity index (χ3v) is 3.96. The number of hydrogen-bond acceptors (Lipinski definition) is 5. The summed E-state index contributed by atoms with van der Waals surface area (Å²) in [6.45, 7) is 2.02. The van der Waals surface area contributed by atoms with Gasteiger partial charge in [-0.25, -0.2) is 4.79 Å². The van der Waals surface area contributed by atoms with Gasteiger partial charge in [0.2, 0.25) is 5.91 Å². The molecule has 2 saturated heterocycles. The van der Waals surface area contributed by atoms with Gasteiger partial charge in [0.25, 0.3) is 0 Å². The van der Waals surface area contributed by atoms with E-state index in [9.17, 15) is 9.59 Å². The molecule has 0 aromatic rings. The van der Waals surface area contributed by atoms with E-state index < -0.39 is 5.97 Å². The molecule has 0 bridgehead atoms. The Balaban J connectivity index is 1.78. The van der Waals surface area contributed by atoms with Crippen LogP contribution in [-0.2, 0) is 19.1 Å². The van der Waals surface area contributed by atoms with Crippen LogP contribution < -0.4 is 5.32 Å². The largest absolute Gasteiger partial charge is 0.480 e. The summed E-state index contributed by atoms with van der Waals surface area (Å²) >= 11 is 0. The van der Waals surface area contributed by atoms with Gasteiger partial charge in [0.15, 0.2) is 0 Å². The topological polar surface area (TPSA) is 88.1 Å². The molecular weight excluding hydrogens is 264 g/mol. The van der Waals surface area contributed by atoms with Gasteiger partial charge in [-0.05, 0) is 19.9 Å². The number of carboxylic acids is 1. The zero-order chi connectivity index (χ0) is 14.5. The molecule has 2 atom stereocenters. The molecule has 0 saturated carbocycles. The standard InChI is InChI=1S/C13H22N2O5/c1-14-11-7-19-6-10(11)13(18)15-4-2-9(3-5-15)20-8-12(16)17/h9-11,14H,2-8H2,1H3,(H,16,17). The maximum atomic E-state index is 12.4. The molecule has 2 heterocycles. The highest BCUT2D eigenvalue weighted by Crippen LogP contribution is 2.20. The molecule has 0 aromatic heterocycles. The quantitative estimate of drug-likeness (QED) is 0.696. The van der Waals surface area contributed by atoms with Crippen molar-refractivity contribution in [1.82, 2.24) is 10.2 Å². The van der Waals surface area contributed by atoms with E-state index in [2.05, 4.69) is 5.32 Å². The van der Waals surface area contributed by atoms with Gasteiger partial charge in [0.1, 0.15) is 6.61 Å². The van der Waals surface area contributed by atoms with Crippen molar-refractivity contribution in [2.24, 2.45) is 5.92 Å². The summed E-state index contributed by atoms with van der Waals surface area (Å²) in [4.78, 5) is 24.7. The number of hydrogen-bond donors (Lipinski definition) is 2. The molecule has 20 heavy (non-hydrogen) atoms. The van der Waals surface area contributed by atoms with E-state index in [-0.39, 0.29) is 30.6 Å². The Morgan fingerprint density at radius 1 is 1.35 bits per heavy atom. The van der Waals surface area contributed by atoms with Crippen molar-refractivity contribution in [2.75, 3.05) is 40.0 Å². The number of carbonyl (C=O) groups excluding carboxylic acids is 1. The van der Waals surface area contributed by atoms with Gasteiger partial charge >= 0.3 is 5.97 Å². The van der Waals surface area contributed by atoms with Gasteiger partial charge in [0.05, 0.1) is 25.2 Å². The molecule has 2 aliphatic rings. The van der Waals surface area contributed by atoms with Crippen LogP contribution in [0.2, 0.25) is 0 Å². The molecule has 2 rings (SSSR count). The van der Waals surface area contributed by atoms with Crippen molar-refractivity contribution in [2.45, 2.75) is 25.0 Å². The zero-order valence-corrected chi connectivity index (χ0v) is 11.7. The first-order valence-corrected chi connectivity index (χ1v) is 6.99. The Hall–Kier alpha value is -1.18. The molecule has 2 unspecified atom stereocenters. The van der Waals surface area contributed by atoms with Gasteiger partial charge in [-0.15, -0.1) is 0 Å². The molecule has 114 valence electrons. The van der Waals surface area contributed by atoms with Crippen molar-refractivity contribution in [3.8, 4) is 0 Å². The lowest BCUT2D eigenvalue weighted by Gasteiger charge is -2.34. The van der Waals surface area contributed by atoms with Crippen LogP contribution in [-0.4, -0.2) is 74.0 Å². The van der Waals surface area contributed by atoms with Crippen LogP contribution >= 0.6 is 0 Å². The lowest BCUT2D eigenvalue weighted by Crippen LogP contribution is -2.48. The number of piperidine rings is 1. The highest BCUT2D eigenvalue weighted by molar-refractivity contribution is 5.80. The lowest BCUT2D eigenvalue weighted by atomic mass is 9.99. The van der Waals surface area contributed by atoms with Crippen LogP contribution in [0, 0.1) is 5.92 Å². The summed E-state index contributed by atoms with van der Waals surface area (Å²) in [6, 6.07) is 0.0866. The summed E-state index contributed by atoms with van der Waals surface area (Å²) in [5, 5.41) is 11.7. The number of nitrogens with one attached hydrogen (secondary N) is 1. The molecular formula is C13H22N2O5. The fourth-order valence-electron chi connectivity index (χ4n) is 2.75. The van der Waals surface area contributed by atoms with Crippen LogP contribution in [0.15, 0.2) is 0 Å². The number of ether oxygens (including phenoxy) is 2. The molecule has 2 fully saturated rings. The Morgan fingerprint density at radius 2 is 2.05 bits per heavy atom. The molecule has 7 heteroatoms. The number of amides is 1. The monoisotopic (exact) mass is 286 g/mol. The summed E-state index contributed by atoms with van der Waals surface area (Å²) in [5.74, 6) is -0.946. The molecule has 7 nitrogen and oxygen atoms in total. The van der Waals surface area contributed by atoms with Crippen LogP contribution in [0.25, 0.3) is 0 Å². The van der Waals surface area contributed by atoms with E-state index in [0.29, 0.717) is 39.1 Å². The minimum atomic E-state index is -0.955. The normalized spacial score (nSPS) is 27.8. The number of aliphatic carboxylic acids is 1. The lowest BCUT2D eigenvalue weighted by molar-refractivity contribution is -0.147. The number of likely N-dealkylation sites (N-methyl/N-ethyl adjacent to an activating group) is 1. The van der Waals surface area contributed by atoms with E-state index >= 15 is 0 Å². The Labute approximate surface area is 118 Å². The second kappa shape index (κ2) is 7.01. The minimum Gasteiger partial charge on any atom is -0.480 e. The van der Waals surface area contributed by atoms with Crippen LogP contribution in [0.3, 0.4) is 0 Å².